The molecule has 0 unspecified atom stereocenters. The highest BCUT2D eigenvalue weighted by atomic mass is 127. The molecule has 0 fully saturated rings. The van der Waals surface area contributed by atoms with Crippen LogP contribution >= 0.6 is 49.9 Å². The van der Waals surface area contributed by atoms with Gasteiger partial charge in [0, 0.05) is 21.5 Å². The molecule has 2 aromatic rings. The quantitative estimate of drug-likeness (QED) is 0.554. The van der Waals surface area contributed by atoms with E-state index in [0.717, 1.165) is 23.5 Å². The predicted octanol–water partition coefficient (Wildman–Crippen LogP) is 5.51. The Bertz CT molecular complexity index is 544. The summed E-state index contributed by atoms with van der Waals surface area (Å²) in [5.41, 5.74) is 0.608. The van der Waals surface area contributed by atoms with Crippen molar-refractivity contribution >= 4 is 66.0 Å². The van der Waals surface area contributed by atoms with Crippen LogP contribution in [0.25, 0.3) is 16.2 Å². The highest BCUT2D eigenvalue weighted by Crippen LogP contribution is 2.38. The number of fused-ring (bicyclic) bond motifs is 1. The van der Waals surface area contributed by atoms with E-state index >= 15 is 0 Å². The molecule has 0 saturated carbocycles. The Labute approximate surface area is 111 Å². The van der Waals surface area contributed by atoms with E-state index in [2.05, 4.69) is 38.5 Å². The molecule has 0 amide bonds. The van der Waals surface area contributed by atoms with E-state index in [1.54, 1.807) is 0 Å². The van der Waals surface area contributed by atoms with E-state index < -0.39 is 6.08 Å². The highest BCUT2D eigenvalue weighted by molar-refractivity contribution is 14.1. The van der Waals surface area contributed by atoms with Crippen LogP contribution in [0.5, 0.6) is 0 Å². The van der Waals surface area contributed by atoms with E-state index in [9.17, 15) is 8.78 Å². The van der Waals surface area contributed by atoms with Crippen LogP contribution in [0.2, 0.25) is 0 Å². The molecule has 0 saturated heterocycles. The van der Waals surface area contributed by atoms with Crippen LogP contribution in [0.3, 0.4) is 0 Å². The number of thiophene rings is 1. The molecule has 0 aliphatic carbocycles. The summed E-state index contributed by atoms with van der Waals surface area (Å²) in [6.45, 7) is 0. The summed E-state index contributed by atoms with van der Waals surface area (Å²) >= 11 is 7.00. The van der Waals surface area contributed by atoms with E-state index in [1.807, 2.05) is 18.2 Å². The summed E-state index contributed by atoms with van der Waals surface area (Å²) in [6.07, 6.45) is -0.736. The molecule has 5 heteroatoms. The van der Waals surface area contributed by atoms with Gasteiger partial charge in [-0.1, -0.05) is 12.1 Å². The van der Waals surface area contributed by atoms with E-state index in [1.165, 1.54) is 11.3 Å². The van der Waals surface area contributed by atoms with Crippen molar-refractivity contribution < 1.29 is 8.78 Å². The Morgan fingerprint density at radius 2 is 2.13 bits per heavy atom. The Morgan fingerprint density at radius 1 is 1.40 bits per heavy atom. The van der Waals surface area contributed by atoms with Crippen molar-refractivity contribution in [3.63, 3.8) is 0 Å². The van der Waals surface area contributed by atoms with Gasteiger partial charge in [0.1, 0.15) is 0 Å². The largest absolute Gasteiger partial charge is 0.270 e. The van der Waals surface area contributed by atoms with E-state index in [4.69, 9.17) is 0 Å². The first kappa shape index (κ1) is 11.5. The molecular weight excluding hydrogens is 397 g/mol. The molecule has 0 N–H and O–H groups in total. The van der Waals surface area contributed by atoms with Gasteiger partial charge in [-0.2, -0.15) is 8.78 Å². The fourth-order valence-electron chi connectivity index (χ4n) is 1.32. The van der Waals surface area contributed by atoms with Crippen LogP contribution in [0.1, 0.15) is 5.56 Å². The normalized spacial score (nSPS) is 10.7. The minimum atomic E-state index is -1.66. The number of halogens is 4. The standard InChI is InChI=1S/C10H4BrF2IS/c11-7-3-1-2-5-6(4-8(12)13)10(14)15-9(5)7/h1-4H. The first-order chi connectivity index (χ1) is 7.09. The van der Waals surface area contributed by atoms with Crippen molar-refractivity contribution in [2.24, 2.45) is 0 Å². The summed E-state index contributed by atoms with van der Waals surface area (Å²) in [7, 11) is 0. The minimum Gasteiger partial charge on any atom is -0.173 e. The van der Waals surface area contributed by atoms with Gasteiger partial charge in [0.2, 0.25) is 0 Å². The molecule has 0 aliphatic rings. The third-order valence-corrected chi connectivity index (χ3v) is 5.12. The molecule has 0 atom stereocenters. The zero-order valence-electron chi connectivity index (χ0n) is 7.23. The molecule has 78 valence electrons. The van der Waals surface area contributed by atoms with Gasteiger partial charge in [-0.15, -0.1) is 11.3 Å². The van der Waals surface area contributed by atoms with Gasteiger partial charge in [-0.05, 0) is 44.6 Å². The van der Waals surface area contributed by atoms with Gasteiger partial charge >= 0.3 is 0 Å². The van der Waals surface area contributed by atoms with Crippen LogP contribution in [-0.2, 0) is 0 Å². The maximum atomic E-state index is 12.3. The maximum Gasteiger partial charge on any atom is 0.270 e. The Morgan fingerprint density at radius 3 is 2.80 bits per heavy atom. The average molecular weight is 401 g/mol. The molecule has 1 aromatic heterocycles. The minimum absolute atomic E-state index is 0.608. The highest BCUT2D eigenvalue weighted by Gasteiger charge is 2.11. The Hall–Kier alpha value is -0.0100. The van der Waals surface area contributed by atoms with Gasteiger partial charge in [0.05, 0.1) is 7.58 Å². The zero-order chi connectivity index (χ0) is 11.0. The molecule has 0 spiro atoms. The van der Waals surface area contributed by atoms with Crippen molar-refractivity contribution in [2.75, 3.05) is 0 Å². The van der Waals surface area contributed by atoms with Gasteiger partial charge < -0.3 is 0 Å². The smallest absolute Gasteiger partial charge is 0.173 e. The summed E-state index contributed by atoms with van der Waals surface area (Å²) in [4.78, 5) is 0. The molecule has 0 radical (unpaired) electrons. The predicted molar refractivity (Wildman–Crippen MR) is 72.4 cm³/mol. The summed E-state index contributed by atoms with van der Waals surface area (Å²) in [6, 6.07) is 5.62. The number of hydrogen-bond donors (Lipinski definition) is 0. The SMILES string of the molecule is FC(F)=Cc1c(I)sc2c(Br)cccc12. The molecular formula is C10H4BrF2IS. The maximum absolute atomic E-state index is 12.3. The lowest BCUT2D eigenvalue weighted by molar-refractivity contribution is 0.429. The number of benzene rings is 1. The lowest BCUT2D eigenvalue weighted by Crippen LogP contribution is -1.73. The molecule has 0 bridgehead atoms. The average Bonchev–Trinajstić information content (AvgIpc) is 2.45. The lowest BCUT2D eigenvalue weighted by Gasteiger charge is -1.93. The van der Waals surface area contributed by atoms with E-state index in [-0.39, 0.29) is 0 Å². The Balaban J connectivity index is 2.80. The van der Waals surface area contributed by atoms with Crippen molar-refractivity contribution in [3.8, 4) is 0 Å². The fraction of sp³-hybridized carbons (Fsp3) is 0. The third kappa shape index (κ3) is 2.24. The van der Waals surface area contributed by atoms with Crippen molar-refractivity contribution in [2.45, 2.75) is 0 Å². The second kappa shape index (κ2) is 4.47. The van der Waals surface area contributed by atoms with Gasteiger partial charge in [0.25, 0.3) is 6.08 Å². The van der Waals surface area contributed by atoms with Crippen molar-refractivity contribution in [1.82, 2.24) is 0 Å². The van der Waals surface area contributed by atoms with Crippen molar-refractivity contribution in [1.29, 1.82) is 0 Å². The van der Waals surface area contributed by atoms with E-state index in [0.29, 0.717) is 5.56 Å². The topological polar surface area (TPSA) is 0 Å². The molecule has 0 aliphatic heterocycles. The zero-order valence-corrected chi connectivity index (χ0v) is 11.8. The molecule has 1 aromatic carbocycles. The molecule has 15 heavy (non-hydrogen) atoms. The van der Waals surface area contributed by atoms with Crippen LogP contribution in [-0.4, -0.2) is 0 Å². The first-order valence-electron chi connectivity index (χ1n) is 3.99. The van der Waals surface area contributed by atoms with Gasteiger partial charge in [-0.3, -0.25) is 0 Å². The second-order valence-electron chi connectivity index (χ2n) is 2.84. The monoisotopic (exact) mass is 400 g/mol. The molecule has 2 rings (SSSR count). The number of rotatable bonds is 1. The van der Waals surface area contributed by atoms with Crippen molar-refractivity contribution in [3.05, 3.63) is 37.2 Å². The van der Waals surface area contributed by atoms with Crippen LogP contribution in [0.15, 0.2) is 28.8 Å². The third-order valence-electron chi connectivity index (χ3n) is 1.91. The summed E-state index contributed by atoms with van der Waals surface area (Å²) in [5, 5.41) is 0.867. The number of hydrogen-bond acceptors (Lipinski definition) is 1. The first-order valence-corrected chi connectivity index (χ1v) is 6.67. The van der Waals surface area contributed by atoms with Crippen LogP contribution in [0.4, 0.5) is 8.78 Å². The molecule has 0 nitrogen and oxygen atoms in total. The van der Waals surface area contributed by atoms with Gasteiger partial charge in [0.15, 0.2) is 0 Å². The second-order valence-corrected chi connectivity index (χ2v) is 6.53. The Kier molecular flexibility index (Phi) is 3.42. The summed E-state index contributed by atoms with van der Waals surface area (Å²) < 4.78 is 27.3. The molecule has 1 heterocycles. The lowest BCUT2D eigenvalue weighted by atomic mass is 10.2. The summed E-state index contributed by atoms with van der Waals surface area (Å²) in [5.74, 6) is 0. The fourth-order valence-corrected chi connectivity index (χ4v) is 3.95. The van der Waals surface area contributed by atoms with Crippen LogP contribution < -0.4 is 0 Å². The van der Waals surface area contributed by atoms with Crippen LogP contribution in [0, 0.1) is 2.88 Å². The van der Waals surface area contributed by atoms with Gasteiger partial charge in [-0.25, -0.2) is 0 Å².